The Labute approximate surface area is 309 Å². The van der Waals surface area contributed by atoms with Crippen LogP contribution in [0.4, 0.5) is 0 Å². The van der Waals surface area contributed by atoms with Crippen molar-refractivity contribution in [2.45, 2.75) is 121 Å². The van der Waals surface area contributed by atoms with Gasteiger partial charge >= 0.3 is 0 Å². The predicted octanol–water partition coefficient (Wildman–Crippen LogP) is 13.8. The molecular weight excluding hydrogens is 613 g/mol. The molecule has 5 unspecified atom stereocenters. The quantitative estimate of drug-likeness (QED) is 0.0864. The molecule has 0 radical (unpaired) electrons. The predicted molar refractivity (Wildman–Crippen MR) is 218 cm³/mol. The summed E-state index contributed by atoms with van der Waals surface area (Å²) in [4.78, 5) is 0. The van der Waals surface area contributed by atoms with Crippen LogP contribution in [0.5, 0.6) is 0 Å². The molecule has 2 aliphatic carbocycles. The molecule has 0 spiro atoms. The fraction of sp³-hybridized carbons (Fsp3) is 0.373. The van der Waals surface area contributed by atoms with E-state index in [1.165, 1.54) is 85.6 Å². The highest BCUT2D eigenvalue weighted by molar-refractivity contribution is 5.41. The van der Waals surface area contributed by atoms with E-state index in [1.54, 1.807) is 27.8 Å². The third-order valence-corrected chi connectivity index (χ3v) is 12.5. The van der Waals surface area contributed by atoms with Gasteiger partial charge in [0.05, 0.1) is 0 Å². The zero-order chi connectivity index (χ0) is 35.0. The topological polar surface area (TPSA) is 0 Å². The molecule has 0 fully saturated rings. The van der Waals surface area contributed by atoms with Gasteiger partial charge in [-0.15, -0.1) is 0 Å². The third-order valence-electron chi connectivity index (χ3n) is 12.5. The van der Waals surface area contributed by atoms with E-state index in [0.717, 1.165) is 12.8 Å². The number of rotatable bonds is 17. The fourth-order valence-electron chi connectivity index (χ4n) is 9.08. The van der Waals surface area contributed by atoms with Crippen LogP contribution in [0, 0.1) is 0 Å². The Morgan fingerprint density at radius 3 is 1.53 bits per heavy atom. The molecule has 0 nitrogen and oxygen atoms in total. The summed E-state index contributed by atoms with van der Waals surface area (Å²) in [7, 11) is 0. The normalized spacial score (nSPS) is 16.5. The molecule has 7 rings (SSSR count). The molecule has 0 saturated carbocycles. The van der Waals surface area contributed by atoms with Crippen molar-refractivity contribution in [3.63, 3.8) is 0 Å². The van der Waals surface area contributed by atoms with Crippen LogP contribution in [0.1, 0.15) is 145 Å². The maximum absolute atomic E-state index is 2.58. The molecule has 5 aromatic carbocycles. The van der Waals surface area contributed by atoms with Gasteiger partial charge in [-0.05, 0) is 157 Å². The van der Waals surface area contributed by atoms with Crippen LogP contribution in [-0.2, 0) is 25.7 Å². The molecule has 5 atom stereocenters. The number of benzene rings is 5. The number of fused-ring (bicyclic) bond motifs is 2. The highest BCUT2D eigenvalue weighted by atomic mass is 14.3. The Kier molecular flexibility index (Phi) is 11.7. The summed E-state index contributed by atoms with van der Waals surface area (Å²) in [5.41, 5.74) is 15.4. The molecule has 2 aliphatic rings. The first-order chi connectivity index (χ1) is 25.0. The van der Waals surface area contributed by atoms with Crippen LogP contribution in [-0.4, -0.2) is 0 Å². The molecule has 0 aliphatic heterocycles. The Morgan fingerprint density at radius 1 is 0.510 bits per heavy atom. The molecule has 0 N–H and O–H groups in total. The van der Waals surface area contributed by atoms with E-state index in [1.807, 2.05) is 0 Å². The molecule has 0 aromatic heterocycles. The van der Waals surface area contributed by atoms with Gasteiger partial charge in [-0.1, -0.05) is 153 Å². The summed E-state index contributed by atoms with van der Waals surface area (Å²) in [5.74, 6) is 2.71. The lowest BCUT2D eigenvalue weighted by molar-refractivity contribution is 0.459. The maximum atomic E-state index is 2.58. The lowest BCUT2D eigenvalue weighted by atomic mass is 9.76. The van der Waals surface area contributed by atoms with Crippen molar-refractivity contribution in [2.24, 2.45) is 0 Å². The van der Waals surface area contributed by atoms with Crippen LogP contribution in [0.25, 0.3) is 0 Å². The minimum absolute atomic E-state index is 0.519. The summed E-state index contributed by atoms with van der Waals surface area (Å²) >= 11 is 0. The molecule has 5 aromatic rings. The molecule has 262 valence electrons. The number of hydrogen-bond acceptors (Lipinski definition) is 0. The largest absolute Gasteiger partial charge is 0.0856 e. The standard InChI is InChI=1S/C51H58/c1-4-39(47-28-24-44-26-30-49(44)35-47)33-50(41-18-10-6-11-19-41)31-37(2)15-14-22-46(40-16-8-5-9-17-40)36-51(42-20-12-7-13-21-42)32-38(3)45-27-23-43-25-29-48(43)34-45/h5-13,15-21,23-24,27-28,34-35,38-39,46,50-51H,4,14,22,25-26,29-33,36H2,1-3H3. The third kappa shape index (κ3) is 8.84. The SMILES string of the molecule is CCC(CC(CC(C)=CCCC(CC(CC(C)c1ccc2c(c1)CC2)c1ccccc1)c1ccccc1)c1ccccc1)c1ccc2c(c1)CC2. The molecular formula is C51H58. The minimum Gasteiger partial charge on any atom is -0.0856 e. The van der Waals surface area contributed by atoms with E-state index < -0.39 is 0 Å². The van der Waals surface area contributed by atoms with Gasteiger partial charge in [0.25, 0.3) is 0 Å². The number of aryl methyl sites for hydroxylation is 4. The van der Waals surface area contributed by atoms with Gasteiger partial charge in [-0.25, -0.2) is 0 Å². The monoisotopic (exact) mass is 670 g/mol. The Bertz CT molecular complexity index is 1860. The van der Waals surface area contributed by atoms with Crippen molar-refractivity contribution in [1.29, 1.82) is 0 Å². The average molecular weight is 671 g/mol. The van der Waals surface area contributed by atoms with Gasteiger partial charge in [0.15, 0.2) is 0 Å². The molecule has 0 heterocycles. The van der Waals surface area contributed by atoms with Crippen molar-refractivity contribution in [1.82, 2.24) is 0 Å². The van der Waals surface area contributed by atoms with E-state index in [4.69, 9.17) is 0 Å². The van der Waals surface area contributed by atoms with Crippen LogP contribution < -0.4 is 0 Å². The van der Waals surface area contributed by atoms with Gasteiger partial charge in [0.2, 0.25) is 0 Å². The van der Waals surface area contributed by atoms with Crippen molar-refractivity contribution in [3.8, 4) is 0 Å². The summed E-state index contributed by atoms with van der Waals surface area (Å²) in [5, 5.41) is 0. The molecule has 0 amide bonds. The first kappa shape index (κ1) is 35.3. The molecule has 0 heteroatoms. The minimum atomic E-state index is 0.519. The van der Waals surface area contributed by atoms with Crippen molar-refractivity contribution in [2.75, 3.05) is 0 Å². The van der Waals surface area contributed by atoms with Crippen molar-refractivity contribution >= 4 is 0 Å². The van der Waals surface area contributed by atoms with Gasteiger partial charge in [0.1, 0.15) is 0 Å². The smallest absolute Gasteiger partial charge is 0.0119 e. The molecule has 51 heavy (non-hydrogen) atoms. The van der Waals surface area contributed by atoms with E-state index in [2.05, 4.69) is 154 Å². The Morgan fingerprint density at radius 2 is 1.00 bits per heavy atom. The molecule has 0 saturated heterocycles. The fourth-order valence-corrected chi connectivity index (χ4v) is 9.08. The Hall–Kier alpha value is -4.16. The zero-order valence-corrected chi connectivity index (χ0v) is 31.4. The van der Waals surface area contributed by atoms with E-state index in [0.29, 0.717) is 29.6 Å². The Balaban J connectivity index is 1.06. The van der Waals surface area contributed by atoms with Crippen LogP contribution in [0.3, 0.4) is 0 Å². The first-order valence-electron chi connectivity index (χ1n) is 20.1. The number of hydrogen-bond donors (Lipinski definition) is 0. The van der Waals surface area contributed by atoms with Gasteiger partial charge < -0.3 is 0 Å². The van der Waals surface area contributed by atoms with Gasteiger partial charge in [0, 0.05) is 0 Å². The highest BCUT2D eigenvalue weighted by Crippen LogP contribution is 2.41. The summed E-state index contributed by atoms with van der Waals surface area (Å²) < 4.78 is 0. The lowest BCUT2D eigenvalue weighted by Gasteiger charge is -2.28. The van der Waals surface area contributed by atoms with Gasteiger partial charge in [-0.2, -0.15) is 0 Å². The van der Waals surface area contributed by atoms with Crippen LogP contribution in [0.15, 0.2) is 139 Å². The zero-order valence-electron chi connectivity index (χ0n) is 31.4. The second-order valence-corrected chi connectivity index (χ2v) is 15.9. The van der Waals surface area contributed by atoms with Gasteiger partial charge in [-0.3, -0.25) is 0 Å². The van der Waals surface area contributed by atoms with E-state index in [-0.39, 0.29) is 0 Å². The van der Waals surface area contributed by atoms with Crippen LogP contribution >= 0.6 is 0 Å². The summed E-state index contributed by atoms with van der Waals surface area (Å²) in [6.45, 7) is 7.23. The molecule has 0 bridgehead atoms. The van der Waals surface area contributed by atoms with E-state index in [9.17, 15) is 0 Å². The first-order valence-corrected chi connectivity index (χ1v) is 20.1. The van der Waals surface area contributed by atoms with Crippen LogP contribution in [0.2, 0.25) is 0 Å². The average Bonchev–Trinajstić information content (AvgIpc) is 3.14. The second kappa shape index (κ2) is 16.9. The highest BCUT2D eigenvalue weighted by Gasteiger charge is 2.25. The summed E-state index contributed by atoms with van der Waals surface area (Å²) in [6.07, 6.45) is 15.8. The van der Waals surface area contributed by atoms with E-state index >= 15 is 0 Å². The second-order valence-electron chi connectivity index (χ2n) is 15.9. The maximum Gasteiger partial charge on any atom is -0.0119 e. The van der Waals surface area contributed by atoms with Crippen molar-refractivity contribution < 1.29 is 0 Å². The number of allylic oxidation sites excluding steroid dienone is 2. The summed E-state index contributed by atoms with van der Waals surface area (Å²) in [6, 6.07) is 48.7. The van der Waals surface area contributed by atoms with Crippen molar-refractivity contribution in [3.05, 3.63) is 189 Å². The lowest BCUT2D eigenvalue weighted by Crippen LogP contribution is -2.12.